The number of aliphatic imine (C=N–C) groups is 1. The lowest BCUT2D eigenvalue weighted by atomic mass is 10.2. The highest BCUT2D eigenvalue weighted by atomic mass is 32.1. The van der Waals surface area contributed by atoms with Gasteiger partial charge in [-0.15, -0.1) is 11.3 Å². The van der Waals surface area contributed by atoms with Crippen LogP contribution in [0.2, 0.25) is 0 Å². The molecule has 1 aliphatic carbocycles. The third-order valence-corrected chi connectivity index (χ3v) is 4.16. The maximum Gasteiger partial charge on any atom is 0.191 e. The number of nitrogens with one attached hydrogen (secondary N) is 2. The summed E-state index contributed by atoms with van der Waals surface area (Å²) in [6.07, 6.45) is 1.25. The Morgan fingerprint density at radius 1 is 1.58 bits per heavy atom. The molecule has 19 heavy (non-hydrogen) atoms. The lowest BCUT2D eigenvalue weighted by Crippen LogP contribution is -2.39. The number of rotatable bonds is 5. The van der Waals surface area contributed by atoms with Crippen molar-refractivity contribution < 1.29 is 0 Å². The van der Waals surface area contributed by atoms with Crippen LogP contribution < -0.4 is 10.6 Å². The molecule has 1 aromatic heterocycles. The van der Waals surface area contributed by atoms with Gasteiger partial charge in [-0.2, -0.15) is 0 Å². The zero-order chi connectivity index (χ0) is 13.8. The summed E-state index contributed by atoms with van der Waals surface area (Å²) in [7, 11) is 0. The van der Waals surface area contributed by atoms with Crippen LogP contribution in [0.25, 0.3) is 0 Å². The van der Waals surface area contributed by atoms with Crippen molar-refractivity contribution in [1.29, 1.82) is 0 Å². The van der Waals surface area contributed by atoms with Gasteiger partial charge in [0, 0.05) is 18.0 Å². The van der Waals surface area contributed by atoms with E-state index >= 15 is 0 Å². The molecule has 1 aliphatic rings. The maximum atomic E-state index is 4.61. The third-order valence-electron chi connectivity index (χ3n) is 3.31. The molecular formula is C14H24N4S. The SMILES string of the molecule is CCNC(=NCc1nc(C(C)C)cs1)NC1CC1C. The van der Waals surface area contributed by atoms with Gasteiger partial charge in [-0.3, -0.25) is 0 Å². The molecule has 0 aromatic carbocycles. The molecule has 106 valence electrons. The molecule has 1 aromatic rings. The van der Waals surface area contributed by atoms with E-state index in [1.165, 1.54) is 12.1 Å². The highest BCUT2D eigenvalue weighted by Crippen LogP contribution is 2.28. The zero-order valence-electron chi connectivity index (χ0n) is 12.2. The first-order valence-corrected chi connectivity index (χ1v) is 7.97. The lowest BCUT2D eigenvalue weighted by molar-refractivity contribution is 0.764. The minimum atomic E-state index is 0.493. The molecule has 0 amide bonds. The van der Waals surface area contributed by atoms with Crippen molar-refractivity contribution in [2.24, 2.45) is 10.9 Å². The van der Waals surface area contributed by atoms with E-state index in [4.69, 9.17) is 0 Å². The first-order chi connectivity index (χ1) is 9.10. The molecule has 1 heterocycles. The summed E-state index contributed by atoms with van der Waals surface area (Å²) in [5.41, 5.74) is 1.17. The Morgan fingerprint density at radius 3 is 2.84 bits per heavy atom. The van der Waals surface area contributed by atoms with Crippen molar-refractivity contribution >= 4 is 17.3 Å². The van der Waals surface area contributed by atoms with Gasteiger partial charge in [0.15, 0.2) is 5.96 Å². The molecule has 0 saturated heterocycles. The van der Waals surface area contributed by atoms with E-state index in [9.17, 15) is 0 Å². The fourth-order valence-electron chi connectivity index (χ4n) is 1.83. The number of hydrogen-bond acceptors (Lipinski definition) is 3. The fourth-order valence-corrected chi connectivity index (χ4v) is 2.71. The highest BCUT2D eigenvalue weighted by Gasteiger charge is 2.33. The van der Waals surface area contributed by atoms with E-state index in [0.717, 1.165) is 23.4 Å². The summed E-state index contributed by atoms with van der Waals surface area (Å²) < 4.78 is 0. The van der Waals surface area contributed by atoms with Gasteiger partial charge in [-0.25, -0.2) is 9.98 Å². The van der Waals surface area contributed by atoms with Gasteiger partial charge in [0.25, 0.3) is 0 Å². The standard InChI is InChI=1S/C14H24N4S/c1-5-15-14(18-11-6-10(11)4)16-7-13-17-12(8-19-13)9(2)3/h8-11H,5-7H2,1-4H3,(H2,15,16,18). The van der Waals surface area contributed by atoms with Gasteiger partial charge in [-0.1, -0.05) is 20.8 Å². The minimum absolute atomic E-state index is 0.493. The Labute approximate surface area is 119 Å². The van der Waals surface area contributed by atoms with Gasteiger partial charge >= 0.3 is 0 Å². The van der Waals surface area contributed by atoms with Gasteiger partial charge in [0.2, 0.25) is 0 Å². The Bertz CT molecular complexity index is 438. The molecular weight excluding hydrogens is 256 g/mol. The molecule has 0 aliphatic heterocycles. The van der Waals surface area contributed by atoms with Crippen molar-refractivity contribution in [2.45, 2.75) is 52.6 Å². The first-order valence-electron chi connectivity index (χ1n) is 7.09. The highest BCUT2D eigenvalue weighted by molar-refractivity contribution is 7.09. The van der Waals surface area contributed by atoms with E-state index in [1.807, 2.05) is 0 Å². The predicted octanol–water partition coefficient (Wildman–Crippen LogP) is 2.73. The monoisotopic (exact) mass is 280 g/mol. The van der Waals surface area contributed by atoms with Crippen molar-refractivity contribution in [3.05, 3.63) is 16.1 Å². The zero-order valence-corrected chi connectivity index (χ0v) is 13.0. The topological polar surface area (TPSA) is 49.3 Å². The molecule has 5 heteroatoms. The van der Waals surface area contributed by atoms with Crippen molar-refractivity contribution in [2.75, 3.05) is 6.54 Å². The third kappa shape index (κ3) is 4.20. The molecule has 1 saturated carbocycles. The summed E-state index contributed by atoms with van der Waals surface area (Å²) >= 11 is 1.70. The molecule has 2 N–H and O–H groups in total. The maximum absolute atomic E-state index is 4.61. The van der Waals surface area contributed by atoms with Crippen LogP contribution in [0.5, 0.6) is 0 Å². The Morgan fingerprint density at radius 2 is 2.32 bits per heavy atom. The van der Waals surface area contributed by atoms with Crippen LogP contribution in [-0.2, 0) is 6.54 Å². The predicted molar refractivity (Wildman–Crippen MR) is 81.7 cm³/mol. The number of aromatic nitrogens is 1. The summed E-state index contributed by atoms with van der Waals surface area (Å²) in [6.45, 7) is 10.2. The largest absolute Gasteiger partial charge is 0.357 e. The van der Waals surface area contributed by atoms with Crippen molar-refractivity contribution in [1.82, 2.24) is 15.6 Å². The average molecular weight is 280 g/mol. The summed E-state index contributed by atoms with van der Waals surface area (Å²) in [5.74, 6) is 2.18. The van der Waals surface area contributed by atoms with Gasteiger partial charge in [0.05, 0.1) is 12.2 Å². The van der Waals surface area contributed by atoms with Crippen LogP contribution in [0.3, 0.4) is 0 Å². The smallest absolute Gasteiger partial charge is 0.191 e. The Hall–Kier alpha value is -1.10. The van der Waals surface area contributed by atoms with Crippen molar-refractivity contribution in [3.8, 4) is 0 Å². The minimum Gasteiger partial charge on any atom is -0.357 e. The molecule has 2 unspecified atom stereocenters. The molecule has 2 rings (SSSR count). The molecule has 0 bridgehead atoms. The number of nitrogens with zero attached hydrogens (tertiary/aromatic N) is 2. The van der Waals surface area contributed by atoms with Crippen LogP contribution >= 0.6 is 11.3 Å². The quantitative estimate of drug-likeness (QED) is 0.644. The first kappa shape index (κ1) is 14.3. The second kappa shape index (κ2) is 6.37. The summed E-state index contributed by atoms with van der Waals surface area (Å²) in [6, 6.07) is 0.598. The van der Waals surface area contributed by atoms with Crippen molar-refractivity contribution in [3.63, 3.8) is 0 Å². The van der Waals surface area contributed by atoms with E-state index < -0.39 is 0 Å². The van der Waals surface area contributed by atoms with Crippen LogP contribution in [-0.4, -0.2) is 23.5 Å². The molecule has 1 fully saturated rings. The number of hydrogen-bond donors (Lipinski definition) is 2. The summed E-state index contributed by atoms with van der Waals surface area (Å²) in [5, 5.41) is 9.97. The Kier molecular flexibility index (Phi) is 4.80. The van der Waals surface area contributed by atoms with E-state index in [0.29, 0.717) is 18.5 Å². The fraction of sp³-hybridized carbons (Fsp3) is 0.714. The van der Waals surface area contributed by atoms with Gasteiger partial charge in [0.1, 0.15) is 5.01 Å². The number of guanidine groups is 1. The van der Waals surface area contributed by atoms with E-state index in [-0.39, 0.29) is 0 Å². The van der Waals surface area contributed by atoms with Crippen LogP contribution in [0.1, 0.15) is 50.7 Å². The Balaban J connectivity index is 1.92. The van der Waals surface area contributed by atoms with Crippen LogP contribution in [0.4, 0.5) is 0 Å². The van der Waals surface area contributed by atoms with E-state index in [1.54, 1.807) is 11.3 Å². The molecule has 0 radical (unpaired) electrons. The second-order valence-corrected chi connectivity index (χ2v) is 6.42. The normalized spacial score (nSPS) is 22.7. The number of thiazole rings is 1. The van der Waals surface area contributed by atoms with E-state index in [2.05, 4.69) is 53.7 Å². The molecule has 4 nitrogen and oxygen atoms in total. The van der Waals surface area contributed by atoms with Gasteiger partial charge < -0.3 is 10.6 Å². The molecule has 2 atom stereocenters. The second-order valence-electron chi connectivity index (χ2n) is 5.48. The van der Waals surface area contributed by atoms with Gasteiger partial charge in [-0.05, 0) is 25.2 Å². The lowest BCUT2D eigenvalue weighted by Gasteiger charge is -2.10. The average Bonchev–Trinajstić information content (AvgIpc) is 2.89. The summed E-state index contributed by atoms with van der Waals surface area (Å²) in [4.78, 5) is 9.22. The van der Waals surface area contributed by atoms with Crippen LogP contribution in [0, 0.1) is 5.92 Å². The van der Waals surface area contributed by atoms with Crippen LogP contribution in [0.15, 0.2) is 10.4 Å². The molecule has 0 spiro atoms.